The molecule has 3 rings (SSSR count). The normalized spacial score (nSPS) is 12.1. The summed E-state index contributed by atoms with van der Waals surface area (Å²) in [6.07, 6.45) is 1.83. The number of rotatable bonds is 8. The fraction of sp³-hybridized carbons (Fsp3) is 0.348. The number of nitrogens with one attached hydrogen (secondary N) is 1. The Morgan fingerprint density at radius 1 is 0.964 bits per heavy atom. The van der Waals surface area contributed by atoms with E-state index in [4.69, 9.17) is 13.9 Å². The zero-order chi connectivity index (χ0) is 20.1. The van der Waals surface area contributed by atoms with E-state index in [2.05, 4.69) is 32.2 Å². The van der Waals surface area contributed by atoms with Crippen molar-refractivity contribution in [1.29, 1.82) is 0 Å². The highest BCUT2D eigenvalue weighted by atomic mass is 16.5. The summed E-state index contributed by atoms with van der Waals surface area (Å²) in [5, 5.41) is 1.02. The Balaban J connectivity index is 1.73. The van der Waals surface area contributed by atoms with Crippen molar-refractivity contribution in [2.75, 3.05) is 27.8 Å². The van der Waals surface area contributed by atoms with Gasteiger partial charge in [0.25, 0.3) is 0 Å². The van der Waals surface area contributed by atoms with Gasteiger partial charge in [0.1, 0.15) is 12.1 Å². The minimum absolute atomic E-state index is 0.288. The minimum atomic E-state index is -0.288. The largest absolute Gasteiger partial charge is 0.493 e. The molecule has 5 heteroatoms. The Labute approximate surface area is 165 Å². The van der Waals surface area contributed by atoms with Crippen LogP contribution in [0.5, 0.6) is 11.5 Å². The fourth-order valence-electron chi connectivity index (χ4n) is 3.45. The Kier molecular flexibility index (Phi) is 6.37. The lowest BCUT2D eigenvalue weighted by Gasteiger charge is -2.16. The van der Waals surface area contributed by atoms with Gasteiger partial charge >= 0.3 is 5.63 Å². The summed E-state index contributed by atoms with van der Waals surface area (Å²) < 4.78 is 16.1. The number of methoxy groups -OCH3 is 2. The SMILES string of the molecule is CCc1ccc2c(C[NH+](C)CCc3ccc(OC)c(OC)c3)cc(=O)oc2c1. The van der Waals surface area contributed by atoms with Crippen LogP contribution in [0.15, 0.2) is 51.7 Å². The second-order valence-electron chi connectivity index (χ2n) is 7.10. The van der Waals surface area contributed by atoms with Crippen molar-refractivity contribution < 1.29 is 18.8 Å². The van der Waals surface area contributed by atoms with Gasteiger partial charge < -0.3 is 18.8 Å². The molecule has 0 radical (unpaired) electrons. The van der Waals surface area contributed by atoms with E-state index >= 15 is 0 Å². The summed E-state index contributed by atoms with van der Waals surface area (Å²) in [5.74, 6) is 1.48. The standard InChI is InChI=1S/C23H27NO4/c1-5-16-6-8-19-18(14-23(25)28-21(19)12-16)15-24(2)11-10-17-7-9-20(26-3)22(13-17)27-4/h6-9,12-14H,5,10-11,15H2,1-4H3/p+1. The second-order valence-corrected chi connectivity index (χ2v) is 7.10. The molecule has 28 heavy (non-hydrogen) atoms. The van der Waals surface area contributed by atoms with Gasteiger partial charge in [-0.2, -0.15) is 0 Å². The van der Waals surface area contributed by atoms with E-state index in [-0.39, 0.29) is 5.63 Å². The third-order valence-electron chi connectivity index (χ3n) is 5.08. The van der Waals surface area contributed by atoms with Crippen molar-refractivity contribution in [3.05, 3.63) is 69.6 Å². The molecule has 0 bridgehead atoms. The first-order valence-electron chi connectivity index (χ1n) is 9.62. The minimum Gasteiger partial charge on any atom is -0.493 e. The number of hydrogen-bond donors (Lipinski definition) is 1. The number of aryl methyl sites for hydroxylation is 1. The molecule has 0 aliphatic heterocycles. The van der Waals surface area contributed by atoms with Crippen LogP contribution >= 0.6 is 0 Å². The fourth-order valence-corrected chi connectivity index (χ4v) is 3.45. The summed E-state index contributed by atoms with van der Waals surface area (Å²) in [7, 11) is 5.43. The number of quaternary nitrogens is 1. The van der Waals surface area contributed by atoms with Crippen molar-refractivity contribution in [3.63, 3.8) is 0 Å². The first-order valence-corrected chi connectivity index (χ1v) is 9.62. The topological polar surface area (TPSA) is 53.1 Å². The molecule has 148 valence electrons. The summed E-state index contributed by atoms with van der Waals surface area (Å²) in [6.45, 7) is 3.79. The summed E-state index contributed by atoms with van der Waals surface area (Å²) >= 11 is 0. The van der Waals surface area contributed by atoms with E-state index in [0.29, 0.717) is 5.58 Å². The molecule has 1 unspecified atom stereocenters. The zero-order valence-electron chi connectivity index (χ0n) is 17.0. The lowest BCUT2D eigenvalue weighted by Crippen LogP contribution is -3.07. The van der Waals surface area contributed by atoms with Crippen LogP contribution in [0.2, 0.25) is 0 Å². The lowest BCUT2D eigenvalue weighted by molar-refractivity contribution is -0.893. The maximum Gasteiger partial charge on any atom is 0.336 e. The van der Waals surface area contributed by atoms with Gasteiger partial charge in [-0.15, -0.1) is 0 Å². The average molecular weight is 382 g/mol. The third-order valence-corrected chi connectivity index (χ3v) is 5.08. The molecule has 3 aromatic rings. The van der Waals surface area contributed by atoms with Crippen LogP contribution in [0.3, 0.4) is 0 Å². The highest BCUT2D eigenvalue weighted by Crippen LogP contribution is 2.27. The molecule has 0 saturated heterocycles. The first-order chi connectivity index (χ1) is 13.5. The predicted octanol–water partition coefficient (Wildman–Crippen LogP) is 2.63. The molecule has 0 fully saturated rings. The van der Waals surface area contributed by atoms with Crippen molar-refractivity contribution in [2.45, 2.75) is 26.3 Å². The molecule has 1 atom stereocenters. The molecule has 0 aliphatic carbocycles. The van der Waals surface area contributed by atoms with Gasteiger partial charge in [-0.25, -0.2) is 4.79 Å². The number of fused-ring (bicyclic) bond motifs is 1. The molecule has 0 saturated carbocycles. The van der Waals surface area contributed by atoms with Gasteiger partial charge in [-0.1, -0.05) is 25.1 Å². The third kappa shape index (κ3) is 4.54. The van der Waals surface area contributed by atoms with Gasteiger partial charge in [0, 0.05) is 23.4 Å². The smallest absolute Gasteiger partial charge is 0.336 e. The Morgan fingerprint density at radius 2 is 1.71 bits per heavy atom. The molecular formula is C23H28NO4+. The van der Waals surface area contributed by atoms with Crippen molar-refractivity contribution in [1.82, 2.24) is 0 Å². The predicted molar refractivity (Wildman–Crippen MR) is 111 cm³/mol. The maximum atomic E-state index is 12.0. The molecule has 1 aromatic heterocycles. The number of hydrogen-bond acceptors (Lipinski definition) is 4. The molecule has 1 heterocycles. The first kappa shape index (κ1) is 20.0. The Hall–Kier alpha value is -2.79. The van der Waals surface area contributed by atoms with Crippen LogP contribution in [0.4, 0.5) is 0 Å². The Morgan fingerprint density at radius 3 is 2.43 bits per heavy atom. The molecular weight excluding hydrogens is 354 g/mol. The number of likely N-dealkylation sites (N-methyl/N-ethyl adjacent to an activating group) is 1. The number of benzene rings is 2. The molecule has 1 N–H and O–H groups in total. The van der Waals surface area contributed by atoms with Crippen LogP contribution in [0.25, 0.3) is 11.0 Å². The van der Waals surface area contributed by atoms with E-state index in [0.717, 1.165) is 48.4 Å². The van der Waals surface area contributed by atoms with Crippen molar-refractivity contribution in [3.8, 4) is 11.5 Å². The molecule has 5 nitrogen and oxygen atoms in total. The van der Waals surface area contributed by atoms with Gasteiger partial charge in [-0.3, -0.25) is 0 Å². The second kappa shape index (κ2) is 8.93. The van der Waals surface area contributed by atoms with E-state index < -0.39 is 0 Å². The van der Waals surface area contributed by atoms with Crippen LogP contribution in [-0.2, 0) is 19.4 Å². The van der Waals surface area contributed by atoms with E-state index in [1.54, 1.807) is 20.3 Å². The molecule has 0 spiro atoms. The summed E-state index contributed by atoms with van der Waals surface area (Å²) in [4.78, 5) is 13.3. The van der Waals surface area contributed by atoms with Crippen molar-refractivity contribution >= 4 is 11.0 Å². The Bertz CT molecular complexity index is 1010. The average Bonchev–Trinajstić information content (AvgIpc) is 2.71. The van der Waals surface area contributed by atoms with Gasteiger partial charge in [-0.05, 0) is 35.7 Å². The lowest BCUT2D eigenvalue weighted by atomic mass is 10.1. The summed E-state index contributed by atoms with van der Waals surface area (Å²) in [5.41, 5.74) is 3.78. The van der Waals surface area contributed by atoms with Crippen molar-refractivity contribution in [2.24, 2.45) is 0 Å². The highest BCUT2D eigenvalue weighted by Gasteiger charge is 2.12. The summed E-state index contributed by atoms with van der Waals surface area (Å²) in [6, 6.07) is 13.8. The van der Waals surface area contributed by atoms with E-state index in [1.807, 2.05) is 18.2 Å². The van der Waals surface area contributed by atoms with E-state index in [1.165, 1.54) is 16.0 Å². The zero-order valence-corrected chi connectivity index (χ0v) is 17.0. The molecule has 0 amide bonds. The quantitative estimate of drug-likeness (QED) is 0.609. The molecule has 2 aromatic carbocycles. The van der Waals surface area contributed by atoms with Crippen LogP contribution < -0.4 is 20.0 Å². The van der Waals surface area contributed by atoms with Crippen LogP contribution in [0.1, 0.15) is 23.6 Å². The van der Waals surface area contributed by atoms with Gasteiger partial charge in [0.15, 0.2) is 11.5 Å². The van der Waals surface area contributed by atoms with E-state index in [9.17, 15) is 4.79 Å². The van der Waals surface area contributed by atoms with Crippen LogP contribution in [-0.4, -0.2) is 27.8 Å². The van der Waals surface area contributed by atoms with Gasteiger partial charge in [0.2, 0.25) is 0 Å². The monoisotopic (exact) mass is 382 g/mol. The maximum absolute atomic E-state index is 12.0. The van der Waals surface area contributed by atoms with Gasteiger partial charge in [0.05, 0.1) is 27.8 Å². The highest BCUT2D eigenvalue weighted by molar-refractivity contribution is 5.80. The number of ether oxygens (including phenoxy) is 2. The molecule has 0 aliphatic rings. The van der Waals surface area contributed by atoms with Crippen LogP contribution in [0, 0.1) is 0 Å².